The van der Waals surface area contributed by atoms with Crippen molar-refractivity contribution in [1.29, 1.82) is 0 Å². The van der Waals surface area contributed by atoms with Crippen molar-refractivity contribution in [3.8, 4) is 0 Å². The highest BCUT2D eigenvalue weighted by Gasteiger charge is 2.23. The fourth-order valence-electron chi connectivity index (χ4n) is 2.67. The molecular weight excluding hydrogens is 368 g/mol. The number of amides is 1. The van der Waals surface area contributed by atoms with Crippen LogP contribution in [0.5, 0.6) is 0 Å². The summed E-state index contributed by atoms with van der Waals surface area (Å²) in [6.45, 7) is 5.90. The minimum atomic E-state index is -3.67. The lowest BCUT2D eigenvalue weighted by Crippen LogP contribution is -2.30. The maximum Gasteiger partial charge on any atom is 0.336 e. The molecule has 7 nitrogen and oxygen atoms in total. The monoisotopic (exact) mass is 390 g/mol. The molecule has 0 aromatic heterocycles. The Balaban J connectivity index is 2.41. The first kappa shape index (κ1) is 20.6. The summed E-state index contributed by atoms with van der Waals surface area (Å²) >= 11 is 0. The average molecular weight is 390 g/mol. The van der Waals surface area contributed by atoms with Crippen LogP contribution in [0.3, 0.4) is 0 Å². The van der Waals surface area contributed by atoms with Gasteiger partial charge in [-0.2, -0.15) is 4.31 Å². The molecule has 27 heavy (non-hydrogen) atoms. The van der Waals surface area contributed by atoms with Crippen LogP contribution in [0, 0.1) is 6.92 Å². The summed E-state index contributed by atoms with van der Waals surface area (Å²) in [5.74, 6) is -1.83. The van der Waals surface area contributed by atoms with E-state index in [1.807, 2.05) is 0 Å². The maximum atomic E-state index is 12.7. The molecule has 2 aromatic rings. The summed E-state index contributed by atoms with van der Waals surface area (Å²) in [5.41, 5.74) is 0.851. The van der Waals surface area contributed by atoms with Gasteiger partial charge in [0.15, 0.2) is 0 Å². The molecule has 0 radical (unpaired) electrons. The van der Waals surface area contributed by atoms with E-state index in [4.69, 9.17) is 0 Å². The SMILES string of the molecule is CCN(CC)S(=O)(=O)c1ccc(C)c(NC(=O)c2ccccc2C(=O)O)c1. The number of hydrogen-bond donors (Lipinski definition) is 2. The van der Waals surface area contributed by atoms with E-state index in [0.717, 1.165) is 0 Å². The topological polar surface area (TPSA) is 104 Å². The number of benzene rings is 2. The number of sulfonamides is 1. The van der Waals surface area contributed by atoms with E-state index in [9.17, 15) is 23.1 Å². The standard InChI is InChI=1S/C19H22N2O5S/c1-4-21(5-2)27(25,26)14-11-10-13(3)17(12-14)20-18(22)15-8-6-7-9-16(15)19(23)24/h6-12H,4-5H2,1-3H3,(H,20,22)(H,23,24). The summed E-state index contributed by atoms with van der Waals surface area (Å²) in [4.78, 5) is 23.9. The normalized spacial score (nSPS) is 11.4. The van der Waals surface area contributed by atoms with E-state index in [0.29, 0.717) is 24.3 Å². The number of carbonyl (C=O) groups is 2. The molecule has 0 saturated carbocycles. The number of carbonyl (C=O) groups excluding carboxylic acids is 1. The number of aromatic carboxylic acids is 1. The molecule has 2 aromatic carbocycles. The minimum Gasteiger partial charge on any atom is -0.478 e. The number of nitrogens with zero attached hydrogens (tertiary/aromatic N) is 1. The van der Waals surface area contributed by atoms with Crippen molar-refractivity contribution in [2.45, 2.75) is 25.7 Å². The second-order valence-corrected chi connectivity index (χ2v) is 7.81. The second kappa shape index (κ2) is 8.32. The summed E-state index contributed by atoms with van der Waals surface area (Å²) in [7, 11) is -3.67. The van der Waals surface area contributed by atoms with Crippen LogP contribution in [-0.4, -0.2) is 42.8 Å². The number of rotatable bonds is 7. The third-order valence-corrected chi connectivity index (χ3v) is 6.25. The Morgan fingerprint density at radius 1 is 1.04 bits per heavy atom. The van der Waals surface area contributed by atoms with Crippen molar-refractivity contribution in [2.75, 3.05) is 18.4 Å². The van der Waals surface area contributed by atoms with Gasteiger partial charge in [-0.1, -0.05) is 32.0 Å². The quantitative estimate of drug-likeness (QED) is 0.756. The van der Waals surface area contributed by atoms with Gasteiger partial charge in [0.25, 0.3) is 5.91 Å². The zero-order valence-electron chi connectivity index (χ0n) is 15.4. The van der Waals surface area contributed by atoms with Crippen LogP contribution in [0.25, 0.3) is 0 Å². The van der Waals surface area contributed by atoms with Crippen LogP contribution in [-0.2, 0) is 10.0 Å². The molecule has 0 aliphatic carbocycles. The van der Waals surface area contributed by atoms with Crippen molar-refractivity contribution in [1.82, 2.24) is 4.31 Å². The molecule has 0 spiro atoms. The fraction of sp³-hybridized carbons (Fsp3) is 0.263. The van der Waals surface area contributed by atoms with Gasteiger partial charge < -0.3 is 10.4 Å². The zero-order chi connectivity index (χ0) is 20.2. The molecule has 1 amide bonds. The lowest BCUT2D eigenvalue weighted by Gasteiger charge is -2.19. The van der Waals surface area contributed by atoms with Gasteiger partial charge in [-0.15, -0.1) is 0 Å². The van der Waals surface area contributed by atoms with Crippen LogP contribution in [0.4, 0.5) is 5.69 Å². The second-order valence-electron chi connectivity index (χ2n) is 5.87. The first-order valence-corrected chi connectivity index (χ1v) is 9.90. The molecule has 0 saturated heterocycles. The van der Waals surface area contributed by atoms with Gasteiger partial charge in [0.1, 0.15) is 0 Å². The summed E-state index contributed by atoms with van der Waals surface area (Å²) in [5, 5.41) is 11.9. The van der Waals surface area contributed by atoms with Crippen LogP contribution < -0.4 is 5.32 Å². The number of anilines is 1. The molecule has 2 N–H and O–H groups in total. The third-order valence-electron chi connectivity index (χ3n) is 4.20. The minimum absolute atomic E-state index is 0.00130. The Labute approximate surface area is 158 Å². The molecule has 0 atom stereocenters. The van der Waals surface area contributed by atoms with Crippen molar-refractivity contribution in [3.05, 3.63) is 59.2 Å². The summed E-state index contributed by atoms with van der Waals surface area (Å²) in [6, 6.07) is 10.3. The van der Waals surface area contributed by atoms with Crippen molar-refractivity contribution < 1.29 is 23.1 Å². The van der Waals surface area contributed by atoms with Crippen molar-refractivity contribution in [3.63, 3.8) is 0 Å². The summed E-state index contributed by atoms with van der Waals surface area (Å²) < 4.78 is 26.7. The van der Waals surface area contributed by atoms with Crippen molar-refractivity contribution >= 4 is 27.6 Å². The molecule has 0 aliphatic heterocycles. The predicted octanol–water partition coefficient (Wildman–Crippen LogP) is 2.98. The number of hydrogen-bond acceptors (Lipinski definition) is 4. The number of aryl methyl sites for hydroxylation is 1. The molecule has 8 heteroatoms. The Morgan fingerprint density at radius 3 is 2.19 bits per heavy atom. The largest absolute Gasteiger partial charge is 0.478 e. The molecule has 144 valence electrons. The Kier molecular flexibility index (Phi) is 6.35. The molecule has 0 fully saturated rings. The molecule has 2 rings (SSSR count). The molecule has 0 unspecified atom stereocenters. The number of carboxylic acid groups (broad SMARTS) is 1. The van der Waals surface area contributed by atoms with Gasteiger partial charge in [-0.25, -0.2) is 13.2 Å². The summed E-state index contributed by atoms with van der Waals surface area (Å²) in [6.07, 6.45) is 0. The van der Waals surface area contributed by atoms with Gasteiger partial charge in [0, 0.05) is 18.8 Å². The van der Waals surface area contributed by atoms with Crippen LogP contribution >= 0.6 is 0 Å². The van der Waals surface area contributed by atoms with E-state index in [-0.39, 0.29) is 16.0 Å². The van der Waals surface area contributed by atoms with E-state index in [2.05, 4.69) is 5.32 Å². The Bertz CT molecular complexity index is 966. The van der Waals surface area contributed by atoms with Gasteiger partial charge >= 0.3 is 5.97 Å². The molecule has 0 bridgehead atoms. The molecular formula is C19H22N2O5S. The molecule has 0 aliphatic rings. The maximum absolute atomic E-state index is 12.7. The average Bonchev–Trinajstić information content (AvgIpc) is 2.64. The highest BCUT2D eigenvalue weighted by atomic mass is 32.2. The van der Waals surface area contributed by atoms with Crippen LogP contribution in [0.2, 0.25) is 0 Å². The lowest BCUT2D eigenvalue weighted by molar-refractivity contribution is 0.0692. The fourth-order valence-corrected chi connectivity index (χ4v) is 4.15. The van der Waals surface area contributed by atoms with Gasteiger partial charge in [-0.3, -0.25) is 4.79 Å². The highest BCUT2D eigenvalue weighted by Crippen LogP contribution is 2.24. The zero-order valence-corrected chi connectivity index (χ0v) is 16.2. The van der Waals surface area contributed by atoms with Gasteiger partial charge in [0.05, 0.1) is 16.0 Å². The van der Waals surface area contributed by atoms with Gasteiger partial charge in [0.2, 0.25) is 10.0 Å². The van der Waals surface area contributed by atoms with E-state index < -0.39 is 21.9 Å². The van der Waals surface area contributed by atoms with Gasteiger partial charge in [-0.05, 0) is 36.8 Å². The number of carboxylic acids is 1. The van der Waals surface area contributed by atoms with E-state index in [1.165, 1.54) is 34.6 Å². The predicted molar refractivity (Wildman–Crippen MR) is 103 cm³/mol. The first-order chi connectivity index (χ1) is 12.7. The van der Waals surface area contributed by atoms with Crippen LogP contribution in [0.1, 0.15) is 40.1 Å². The first-order valence-electron chi connectivity index (χ1n) is 8.46. The Hall–Kier alpha value is -2.71. The lowest BCUT2D eigenvalue weighted by atomic mass is 10.1. The van der Waals surface area contributed by atoms with E-state index >= 15 is 0 Å². The molecule has 0 heterocycles. The smallest absolute Gasteiger partial charge is 0.336 e. The number of nitrogens with one attached hydrogen (secondary N) is 1. The van der Waals surface area contributed by atoms with E-state index in [1.54, 1.807) is 32.9 Å². The highest BCUT2D eigenvalue weighted by molar-refractivity contribution is 7.89. The Morgan fingerprint density at radius 2 is 1.63 bits per heavy atom. The van der Waals surface area contributed by atoms with Crippen molar-refractivity contribution in [2.24, 2.45) is 0 Å². The van der Waals surface area contributed by atoms with Crippen LogP contribution in [0.15, 0.2) is 47.4 Å². The third kappa shape index (κ3) is 4.35.